The number of benzene rings is 1. The van der Waals surface area contributed by atoms with E-state index in [2.05, 4.69) is 61.7 Å². The highest BCUT2D eigenvalue weighted by atomic mass is 15.3. The van der Waals surface area contributed by atoms with Gasteiger partial charge in [0.25, 0.3) is 0 Å². The molecule has 2 aromatic heterocycles. The number of nitrogens with two attached hydrogens (primary N) is 1. The molecule has 1 saturated heterocycles. The van der Waals surface area contributed by atoms with Crippen molar-refractivity contribution in [1.82, 2.24) is 20.4 Å². The average molecular weight is 334 g/mol. The van der Waals surface area contributed by atoms with Crippen molar-refractivity contribution in [3.8, 4) is 11.1 Å². The summed E-state index contributed by atoms with van der Waals surface area (Å²) in [5.41, 5.74) is 10.5. The van der Waals surface area contributed by atoms with E-state index in [-0.39, 0.29) is 6.04 Å². The topological polar surface area (TPSA) is 83.7 Å². The van der Waals surface area contributed by atoms with Gasteiger partial charge in [-0.3, -0.25) is 5.10 Å². The molecule has 0 amide bonds. The number of aromatic amines is 1. The Labute approximate surface area is 147 Å². The molecule has 0 radical (unpaired) electrons. The Balaban J connectivity index is 1.47. The molecule has 6 nitrogen and oxygen atoms in total. The van der Waals surface area contributed by atoms with Gasteiger partial charge in [0.05, 0.1) is 11.9 Å². The van der Waals surface area contributed by atoms with Gasteiger partial charge < -0.3 is 10.6 Å². The van der Waals surface area contributed by atoms with Gasteiger partial charge in [0, 0.05) is 37.3 Å². The van der Waals surface area contributed by atoms with E-state index in [9.17, 15) is 0 Å². The summed E-state index contributed by atoms with van der Waals surface area (Å²) in [4.78, 5) is 2.23. The molecule has 4 rings (SSSR count). The lowest BCUT2D eigenvalue weighted by atomic mass is 10.0. The van der Waals surface area contributed by atoms with Crippen LogP contribution in [0.3, 0.4) is 0 Å². The third-order valence-electron chi connectivity index (χ3n) is 4.63. The molecular weight excluding hydrogens is 312 g/mol. The van der Waals surface area contributed by atoms with Crippen LogP contribution in [-0.4, -0.2) is 39.5 Å². The van der Waals surface area contributed by atoms with Crippen LogP contribution in [0.4, 0.5) is 5.82 Å². The number of nitrogens with one attached hydrogen (secondary N) is 1. The Morgan fingerprint density at radius 3 is 2.88 bits per heavy atom. The lowest BCUT2D eigenvalue weighted by molar-refractivity contribution is 0.501. The fraction of sp³-hybridized carbons (Fsp3) is 0.316. The molecule has 1 aliphatic rings. The molecule has 6 heteroatoms. The van der Waals surface area contributed by atoms with Crippen molar-refractivity contribution >= 4 is 5.82 Å². The largest absolute Gasteiger partial charge is 0.354 e. The third kappa shape index (κ3) is 3.69. The van der Waals surface area contributed by atoms with Crippen molar-refractivity contribution < 1.29 is 0 Å². The van der Waals surface area contributed by atoms with Crippen molar-refractivity contribution in [1.29, 1.82) is 0 Å². The molecule has 25 heavy (non-hydrogen) atoms. The van der Waals surface area contributed by atoms with E-state index in [1.54, 1.807) is 0 Å². The fourth-order valence-corrected chi connectivity index (χ4v) is 3.31. The summed E-state index contributed by atoms with van der Waals surface area (Å²) in [5.74, 6) is 0.922. The van der Waals surface area contributed by atoms with Crippen molar-refractivity contribution in [3.63, 3.8) is 0 Å². The van der Waals surface area contributed by atoms with Gasteiger partial charge in [0.2, 0.25) is 0 Å². The zero-order valence-corrected chi connectivity index (χ0v) is 14.1. The lowest BCUT2D eigenvalue weighted by Gasteiger charge is -2.31. The van der Waals surface area contributed by atoms with Crippen LogP contribution in [0.15, 0.2) is 48.8 Å². The Bertz CT molecular complexity index is 812. The van der Waals surface area contributed by atoms with E-state index in [1.807, 2.05) is 12.4 Å². The van der Waals surface area contributed by atoms with Crippen LogP contribution < -0.4 is 10.6 Å². The average Bonchev–Trinajstić information content (AvgIpc) is 3.17. The van der Waals surface area contributed by atoms with Crippen molar-refractivity contribution in [2.75, 3.05) is 18.0 Å². The van der Waals surface area contributed by atoms with Gasteiger partial charge in [0.15, 0.2) is 5.82 Å². The first-order valence-electron chi connectivity index (χ1n) is 8.69. The Morgan fingerprint density at radius 1 is 1.16 bits per heavy atom. The summed E-state index contributed by atoms with van der Waals surface area (Å²) in [6, 6.07) is 12.8. The highest BCUT2D eigenvalue weighted by Crippen LogP contribution is 2.21. The summed E-state index contributed by atoms with van der Waals surface area (Å²) in [7, 11) is 0. The molecule has 1 aromatic carbocycles. The van der Waals surface area contributed by atoms with Gasteiger partial charge in [-0.1, -0.05) is 24.3 Å². The van der Waals surface area contributed by atoms with Crippen LogP contribution in [-0.2, 0) is 6.42 Å². The van der Waals surface area contributed by atoms with Gasteiger partial charge in [-0.2, -0.15) is 10.2 Å². The molecule has 1 unspecified atom stereocenters. The van der Waals surface area contributed by atoms with E-state index >= 15 is 0 Å². The maximum absolute atomic E-state index is 6.05. The number of hydrogen-bond donors (Lipinski definition) is 2. The molecule has 3 heterocycles. The van der Waals surface area contributed by atoms with Crippen LogP contribution in [0.25, 0.3) is 11.1 Å². The zero-order chi connectivity index (χ0) is 17.1. The quantitative estimate of drug-likeness (QED) is 0.765. The fourth-order valence-electron chi connectivity index (χ4n) is 3.31. The highest BCUT2D eigenvalue weighted by Gasteiger charge is 2.18. The van der Waals surface area contributed by atoms with Gasteiger partial charge >= 0.3 is 0 Å². The van der Waals surface area contributed by atoms with Crippen LogP contribution in [0.5, 0.6) is 0 Å². The first kappa shape index (κ1) is 15.8. The van der Waals surface area contributed by atoms with E-state index in [0.29, 0.717) is 0 Å². The molecule has 128 valence electrons. The summed E-state index contributed by atoms with van der Waals surface area (Å²) >= 11 is 0. The van der Waals surface area contributed by atoms with E-state index in [4.69, 9.17) is 5.73 Å². The summed E-state index contributed by atoms with van der Waals surface area (Å²) in [6.45, 7) is 1.87. The summed E-state index contributed by atoms with van der Waals surface area (Å²) in [6.07, 6.45) is 6.70. The molecule has 3 N–H and O–H groups in total. The number of anilines is 1. The van der Waals surface area contributed by atoms with Crippen molar-refractivity contribution in [2.45, 2.75) is 25.3 Å². The van der Waals surface area contributed by atoms with Gasteiger partial charge in [-0.05, 0) is 36.1 Å². The molecule has 1 atom stereocenters. The summed E-state index contributed by atoms with van der Waals surface area (Å²) in [5, 5.41) is 15.7. The Hall–Kier alpha value is -2.73. The second-order valence-corrected chi connectivity index (χ2v) is 6.60. The standard InChI is InChI=1S/C19H22N6/c20-17-5-2-8-25(13-17)19-7-6-18(23-24-19)10-14-3-1-4-15(9-14)16-11-21-22-12-16/h1,3-4,6-7,9,11-12,17H,2,5,8,10,13,20H2,(H,21,22). The van der Waals surface area contributed by atoms with Gasteiger partial charge in [-0.15, -0.1) is 5.10 Å². The second-order valence-electron chi connectivity index (χ2n) is 6.60. The first-order chi connectivity index (χ1) is 12.3. The van der Waals surface area contributed by atoms with Crippen LogP contribution in [0.2, 0.25) is 0 Å². The molecule has 0 saturated carbocycles. The monoisotopic (exact) mass is 334 g/mol. The maximum atomic E-state index is 6.05. The zero-order valence-electron chi connectivity index (χ0n) is 14.1. The normalized spacial score (nSPS) is 17.6. The number of nitrogens with zero attached hydrogens (tertiary/aromatic N) is 4. The van der Waals surface area contributed by atoms with Gasteiger partial charge in [-0.25, -0.2) is 0 Å². The molecule has 3 aromatic rings. The number of piperidine rings is 1. The van der Waals surface area contributed by atoms with Crippen molar-refractivity contribution in [2.24, 2.45) is 5.73 Å². The van der Waals surface area contributed by atoms with E-state index < -0.39 is 0 Å². The minimum Gasteiger partial charge on any atom is -0.354 e. The molecule has 0 aliphatic carbocycles. The first-order valence-corrected chi connectivity index (χ1v) is 8.69. The van der Waals surface area contributed by atoms with E-state index in [0.717, 1.165) is 55.0 Å². The predicted molar refractivity (Wildman–Crippen MR) is 98.3 cm³/mol. The Kier molecular flexibility index (Phi) is 4.43. The third-order valence-corrected chi connectivity index (χ3v) is 4.63. The maximum Gasteiger partial charge on any atom is 0.151 e. The smallest absolute Gasteiger partial charge is 0.151 e. The number of hydrogen-bond acceptors (Lipinski definition) is 5. The van der Waals surface area contributed by atoms with Crippen LogP contribution in [0.1, 0.15) is 24.1 Å². The van der Waals surface area contributed by atoms with Gasteiger partial charge in [0.1, 0.15) is 0 Å². The molecule has 0 bridgehead atoms. The lowest BCUT2D eigenvalue weighted by Crippen LogP contribution is -2.43. The molecule has 0 spiro atoms. The minimum absolute atomic E-state index is 0.237. The van der Waals surface area contributed by atoms with Crippen molar-refractivity contribution in [3.05, 3.63) is 60.0 Å². The minimum atomic E-state index is 0.237. The van der Waals surface area contributed by atoms with Crippen LogP contribution in [0, 0.1) is 0 Å². The summed E-state index contributed by atoms with van der Waals surface area (Å²) < 4.78 is 0. The number of aromatic nitrogens is 4. The second kappa shape index (κ2) is 7.03. The molecule has 1 fully saturated rings. The molecular formula is C19H22N6. The molecule has 1 aliphatic heterocycles. The van der Waals surface area contributed by atoms with E-state index in [1.165, 1.54) is 5.56 Å². The SMILES string of the molecule is NC1CCCN(c2ccc(Cc3cccc(-c4cn[nH]c4)c3)nn2)C1. The number of rotatable bonds is 4. The predicted octanol–water partition coefficient (Wildman–Crippen LogP) is 2.39. The van der Waals surface area contributed by atoms with Crippen LogP contribution >= 0.6 is 0 Å². The number of H-pyrrole nitrogens is 1. The Morgan fingerprint density at radius 2 is 2.12 bits per heavy atom. The highest BCUT2D eigenvalue weighted by molar-refractivity contribution is 5.62.